The Bertz CT molecular complexity index is 369. The zero-order valence-electron chi connectivity index (χ0n) is 12.4. The highest BCUT2D eigenvalue weighted by atomic mass is 16.5. The topological polar surface area (TPSA) is 51.8 Å². The summed E-state index contributed by atoms with van der Waals surface area (Å²) in [4.78, 5) is 0. The fourth-order valence-electron chi connectivity index (χ4n) is 1.75. The van der Waals surface area contributed by atoms with E-state index in [0.29, 0.717) is 23.3 Å². The van der Waals surface area contributed by atoms with E-state index in [1.807, 2.05) is 12.1 Å². The van der Waals surface area contributed by atoms with Gasteiger partial charge < -0.3 is 24.8 Å². The summed E-state index contributed by atoms with van der Waals surface area (Å²) in [7, 11) is 4.82. The van der Waals surface area contributed by atoms with Crippen LogP contribution in [0.3, 0.4) is 0 Å². The second-order valence-corrected chi connectivity index (χ2v) is 4.45. The lowest BCUT2D eigenvalue weighted by molar-refractivity contribution is 0.324. The van der Waals surface area contributed by atoms with Crippen LogP contribution in [0.4, 0.5) is 5.69 Å². The Morgan fingerprint density at radius 2 is 1.53 bits per heavy atom. The van der Waals surface area contributed by atoms with Gasteiger partial charge in [0.05, 0.1) is 21.3 Å². The first-order valence-corrected chi connectivity index (χ1v) is 6.39. The Balaban J connectivity index is 2.73. The van der Waals surface area contributed by atoms with Crippen LogP contribution in [0.25, 0.3) is 0 Å². The molecule has 1 rings (SSSR count). The average Bonchev–Trinajstić information content (AvgIpc) is 2.42. The van der Waals surface area contributed by atoms with Crippen molar-refractivity contribution < 1.29 is 14.2 Å². The van der Waals surface area contributed by atoms with Gasteiger partial charge in [-0.3, -0.25) is 0 Å². The zero-order valence-corrected chi connectivity index (χ0v) is 12.4. The number of hydrogen-bond acceptors (Lipinski definition) is 5. The maximum atomic E-state index is 5.30. The highest BCUT2D eigenvalue weighted by Crippen LogP contribution is 2.39. The molecule has 108 valence electrons. The van der Waals surface area contributed by atoms with Gasteiger partial charge in [-0.1, -0.05) is 13.8 Å². The molecule has 0 amide bonds. The van der Waals surface area contributed by atoms with Crippen LogP contribution in [0, 0.1) is 0 Å². The Kier molecular flexibility index (Phi) is 6.29. The average molecular weight is 268 g/mol. The van der Waals surface area contributed by atoms with Crippen molar-refractivity contribution in [3.8, 4) is 17.2 Å². The van der Waals surface area contributed by atoms with Gasteiger partial charge in [0.15, 0.2) is 11.5 Å². The van der Waals surface area contributed by atoms with Crippen molar-refractivity contribution in [3.63, 3.8) is 0 Å². The van der Waals surface area contributed by atoms with Gasteiger partial charge in [0.1, 0.15) is 0 Å². The summed E-state index contributed by atoms with van der Waals surface area (Å²) in [5.41, 5.74) is 0.944. The molecule has 0 saturated carbocycles. The number of methoxy groups -OCH3 is 3. The van der Waals surface area contributed by atoms with Crippen LogP contribution < -0.4 is 24.8 Å². The molecule has 0 aliphatic heterocycles. The van der Waals surface area contributed by atoms with Gasteiger partial charge in [-0.05, 0) is 0 Å². The predicted molar refractivity (Wildman–Crippen MR) is 77.7 cm³/mol. The van der Waals surface area contributed by atoms with Crippen LogP contribution in [0.2, 0.25) is 0 Å². The third-order valence-electron chi connectivity index (χ3n) is 2.67. The van der Waals surface area contributed by atoms with Crippen LogP contribution in [0.1, 0.15) is 13.8 Å². The summed E-state index contributed by atoms with van der Waals surface area (Å²) in [5.74, 6) is 1.91. The second kappa shape index (κ2) is 7.74. The molecule has 0 unspecified atom stereocenters. The van der Waals surface area contributed by atoms with E-state index in [-0.39, 0.29) is 0 Å². The predicted octanol–water partition coefficient (Wildman–Crippen LogP) is 2.12. The summed E-state index contributed by atoms with van der Waals surface area (Å²) in [6, 6.07) is 4.29. The molecule has 0 fully saturated rings. The van der Waals surface area contributed by atoms with Crippen LogP contribution in [0.15, 0.2) is 12.1 Å². The van der Waals surface area contributed by atoms with E-state index in [1.165, 1.54) is 0 Å². The fourth-order valence-corrected chi connectivity index (χ4v) is 1.75. The van der Waals surface area contributed by atoms with Crippen molar-refractivity contribution >= 4 is 5.69 Å². The van der Waals surface area contributed by atoms with E-state index in [9.17, 15) is 0 Å². The Hall–Kier alpha value is -1.62. The third kappa shape index (κ3) is 4.52. The van der Waals surface area contributed by atoms with Crippen molar-refractivity contribution in [1.29, 1.82) is 0 Å². The summed E-state index contributed by atoms with van der Waals surface area (Å²) in [6.07, 6.45) is 0. The maximum absolute atomic E-state index is 5.30. The first kappa shape index (κ1) is 15.4. The van der Waals surface area contributed by atoms with Crippen molar-refractivity contribution in [2.24, 2.45) is 0 Å². The van der Waals surface area contributed by atoms with Gasteiger partial charge in [0.25, 0.3) is 0 Å². The minimum atomic E-state index is 0.488. The molecule has 0 bridgehead atoms. The first-order chi connectivity index (χ1) is 9.12. The van der Waals surface area contributed by atoms with Gasteiger partial charge in [-0.2, -0.15) is 0 Å². The molecular formula is C14H24N2O3. The Labute approximate surface area is 115 Å². The molecule has 0 aromatic heterocycles. The van der Waals surface area contributed by atoms with Gasteiger partial charge in [-0.25, -0.2) is 0 Å². The van der Waals surface area contributed by atoms with Gasteiger partial charge in [0, 0.05) is 37.0 Å². The van der Waals surface area contributed by atoms with Crippen molar-refractivity contribution in [2.75, 3.05) is 39.7 Å². The molecule has 1 aromatic carbocycles. The molecule has 0 spiro atoms. The lowest BCUT2D eigenvalue weighted by Crippen LogP contribution is -2.28. The van der Waals surface area contributed by atoms with Gasteiger partial charge >= 0.3 is 0 Å². The van der Waals surface area contributed by atoms with Gasteiger partial charge in [-0.15, -0.1) is 0 Å². The molecule has 0 aliphatic rings. The monoisotopic (exact) mass is 268 g/mol. The first-order valence-electron chi connectivity index (χ1n) is 6.39. The summed E-state index contributed by atoms with van der Waals surface area (Å²) in [5, 5.41) is 6.67. The molecule has 1 aromatic rings. The molecule has 0 atom stereocenters. The van der Waals surface area contributed by atoms with E-state index in [2.05, 4.69) is 24.5 Å². The van der Waals surface area contributed by atoms with Crippen molar-refractivity contribution in [1.82, 2.24) is 5.32 Å². The standard InChI is InChI=1S/C14H24N2O3/c1-10(2)15-6-7-16-11-8-12(17-3)14(19-5)13(9-11)18-4/h8-10,15-16H,6-7H2,1-5H3. The number of ether oxygens (including phenoxy) is 3. The van der Waals surface area contributed by atoms with E-state index < -0.39 is 0 Å². The Morgan fingerprint density at radius 1 is 0.947 bits per heavy atom. The smallest absolute Gasteiger partial charge is 0.203 e. The second-order valence-electron chi connectivity index (χ2n) is 4.45. The molecule has 0 radical (unpaired) electrons. The Morgan fingerprint density at radius 3 is 1.95 bits per heavy atom. The van der Waals surface area contributed by atoms with E-state index >= 15 is 0 Å². The van der Waals surface area contributed by atoms with Crippen molar-refractivity contribution in [3.05, 3.63) is 12.1 Å². The van der Waals surface area contributed by atoms with E-state index in [0.717, 1.165) is 18.8 Å². The highest BCUT2D eigenvalue weighted by molar-refractivity contribution is 5.62. The highest BCUT2D eigenvalue weighted by Gasteiger charge is 2.12. The largest absolute Gasteiger partial charge is 0.493 e. The number of anilines is 1. The molecule has 19 heavy (non-hydrogen) atoms. The van der Waals surface area contributed by atoms with Crippen molar-refractivity contribution in [2.45, 2.75) is 19.9 Å². The number of benzene rings is 1. The summed E-state index contributed by atoms with van der Waals surface area (Å²) >= 11 is 0. The lowest BCUT2D eigenvalue weighted by Gasteiger charge is -2.15. The lowest BCUT2D eigenvalue weighted by atomic mass is 10.2. The molecular weight excluding hydrogens is 244 g/mol. The number of rotatable bonds is 8. The van der Waals surface area contributed by atoms with Crippen LogP contribution in [-0.4, -0.2) is 40.5 Å². The zero-order chi connectivity index (χ0) is 14.3. The van der Waals surface area contributed by atoms with E-state index in [4.69, 9.17) is 14.2 Å². The normalized spacial score (nSPS) is 10.4. The molecule has 5 nitrogen and oxygen atoms in total. The summed E-state index contributed by atoms with van der Waals surface area (Å²) in [6.45, 7) is 5.98. The quantitative estimate of drug-likeness (QED) is 0.707. The summed E-state index contributed by atoms with van der Waals surface area (Å²) < 4.78 is 15.9. The van der Waals surface area contributed by atoms with Crippen LogP contribution in [-0.2, 0) is 0 Å². The SMILES string of the molecule is COc1cc(NCCNC(C)C)cc(OC)c1OC. The van der Waals surface area contributed by atoms with Crippen LogP contribution >= 0.6 is 0 Å². The minimum absolute atomic E-state index is 0.488. The molecule has 2 N–H and O–H groups in total. The molecule has 0 saturated heterocycles. The minimum Gasteiger partial charge on any atom is -0.493 e. The molecule has 0 heterocycles. The maximum Gasteiger partial charge on any atom is 0.203 e. The number of hydrogen-bond donors (Lipinski definition) is 2. The van der Waals surface area contributed by atoms with E-state index in [1.54, 1.807) is 21.3 Å². The van der Waals surface area contributed by atoms with Gasteiger partial charge in [0.2, 0.25) is 5.75 Å². The molecule has 0 aliphatic carbocycles. The number of nitrogens with one attached hydrogen (secondary N) is 2. The fraction of sp³-hybridized carbons (Fsp3) is 0.571. The molecule has 5 heteroatoms. The third-order valence-corrected chi connectivity index (χ3v) is 2.67. The van der Waals surface area contributed by atoms with Crippen LogP contribution in [0.5, 0.6) is 17.2 Å².